The van der Waals surface area contributed by atoms with Crippen molar-refractivity contribution in [3.8, 4) is 0 Å². The van der Waals surface area contributed by atoms with Crippen molar-refractivity contribution in [1.82, 2.24) is 4.98 Å². The van der Waals surface area contributed by atoms with Crippen LogP contribution in [0.25, 0.3) is 0 Å². The van der Waals surface area contributed by atoms with Gasteiger partial charge in [-0.3, -0.25) is 4.79 Å². The number of amides is 1. The average Bonchev–Trinajstić information content (AvgIpc) is 2.36. The number of hydrogen-bond donors (Lipinski definition) is 1. The van der Waals surface area contributed by atoms with Gasteiger partial charge < -0.3 is 5.32 Å². The molecule has 1 heterocycles. The van der Waals surface area contributed by atoms with Gasteiger partial charge in [0.1, 0.15) is 0 Å². The number of anilines is 1. The fraction of sp³-hybridized carbons (Fsp3) is 0.0769. The van der Waals surface area contributed by atoms with Gasteiger partial charge in [0.25, 0.3) is 0 Å². The van der Waals surface area contributed by atoms with Gasteiger partial charge in [0, 0.05) is 4.47 Å². The molecule has 0 spiro atoms. The number of aromatic nitrogens is 1. The molecule has 0 atom stereocenters. The summed E-state index contributed by atoms with van der Waals surface area (Å²) in [7, 11) is 0. The number of nitrogens with zero attached hydrogens (tertiary/aromatic N) is 1. The van der Waals surface area contributed by atoms with Crippen LogP contribution in [0.4, 0.5) is 14.5 Å². The van der Waals surface area contributed by atoms with E-state index in [9.17, 15) is 13.6 Å². The first kappa shape index (κ1) is 13.6. The number of benzene rings is 1. The molecule has 6 heteroatoms. The number of hydrogen-bond acceptors (Lipinski definition) is 2. The molecule has 0 bridgehead atoms. The van der Waals surface area contributed by atoms with Crippen molar-refractivity contribution in [3.05, 3.63) is 58.3 Å². The van der Waals surface area contributed by atoms with Crippen molar-refractivity contribution >= 4 is 27.5 Å². The molecule has 2 rings (SSSR count). The molecular formula is C13H9BrF2N2O. The molecule has 19 heavy (non-hydrogen) atoms. The first-order chi connectivity index (χ1) is 9.04. The molecule has 1 aromatic heterocycles. The van der Waals surface area contributed by atoms with Gasteiger partial charge in [-0.15, -0.1) is 0 Å². The summed E-state index contributed by atoms with van der Waals surface area (Å²) in [5.74, 6) is -2.36. The number of pyridine rings is 1. The lowest BCUT2D eigenvalue weighted by Crippen LogP contribution is -2.16. The third kappa shape index (κ3) is 3.82. The maximum absolute atomic E-state index is 13.2. The van der Waals surface area contributed by atoms with Gasteiger partial charge >= 0.3 is 0 Å². The minimum absolute atomic E-state index is 0.101. The lowest BCUT2D eigenvalue weighted by atomic mass is 10.1. The third-order valence-corrected chi connectivity index (χ3v) is 2.90. The van der Waals surface area contributed by atoms with Crippen LogP contribution in [-0.2, 0) is 11.2 Å². The Labute approximate surface area is 116 Å². The number of carbonyl (C=O) groups is 1. The van der Waals surface area contributed by atoms with E-state index in [1.165, 1.54) is 0 Å². The van der Waals surface area contributed by atoms with E-state index in [2.05, 4.69) is 26.2 Å². The zero-order valence-electron chi connectivity index (χ0n) is 9.66. The van der Waals surface area contributed by atoms with E-state index >= 15 is 0 Å². The lowest BCUT2D eigenvalue weighted by Gasteiger charge is -2.06. The van der Waals surface area contributed by atoms with Crippen molar-refractivity contribution in [2.45, 2.75) is 6.42 Å². The fourth-order valence-corrected chi connectivity index (χ4v) is 1.75. The normalized spacial score (nSPS) is 10.3. The number of rotatable bonds is 3. The summed E-state index contributed by atoms with van der Waals surface area (Å²) in [4.78, 5) is 14.7. The minimum atomic E-state index is -1.04. The van der Waals surface area contributed by atoms with Gasteiger partial charge in [0.05, 0.1) is 12.1 Å². The molecule has 0 fully saturated rings. The predicted molar refractivity (Wildman–Crippen MR) is 70.6 cm³/mol. The van der Waals surface area contributed by atoms with Crippen molar-refractivity contribution in [1.29, 1.82) is 0 Å². The van der Waals surface area contributed by atoms with Gasteiger partial charge in [-0.05, 0) is 29.8 Å². The Morgan fingerprint density at radius 1 is 1.16 bits per heavy atom. The number of carbonyl (C=O) groups excluding carboxylic acids is 1. The molecule has 0 radical (unpaired) electrons. The molecule has 1 amide bonds. The molecule has 0 aliphatic heterocycles. The first-order valence-corrected chi connectivity index (χ1v) is 6.20. The Bertz CT molecular complexity index is 602. The molecule has 2 aromatic rings. The number of halogens is 3. The Morgan fingerprint density at radius 2 is 1.84 bits per heavy atom. The van der Waals surface area contributed by atoms with Gasteiger partial charge in [0.15, 0.2) is 0 Å². The highest BCUT2D eigenvalue weighted by molar-refractivity contribution is 9.10. The largest absolute Gasteiger partial charge is 0.322 e. The van der Waals surface area contributed by atoms with E-state index in [1.807, 2.05) is 12.1 Å². The summed E-state index contributed by atoms with van der Waals surface area (Å²) in [6.07, 6.45) is 0.101. The quantitative estimate of drug-likeness (QED) is 0.879. The van der Waals surface area contributed by atoms with E-state index in [0.717, 1.165) is 22.2 Å². The van der Waals surface area contributed by atoms with Crippen LogP contribution in [0.15, 0.2) is 40.9 Å². The Morgan fingerprint density at radius 3 is 2.47 bits per heavy atom. The molecule has 1 aromatic carbocycles. The summed E-state index contributed by atoms with van der Waals surface area (Å²) >= 11 is 3.29. The van der Waals surface area contributed by atoms with E-state index in [1.54, 1.807) is 12.1 Å². The van der Waals surface area contributed by atoms with Crippen LogP contribution in [-0.4, -0.2) is 10.9 Å². The third-order valence-electron chi connectivity index (χ3n) is 2.37. The monoisotopic (exact) mass is 326 g/mol. The Balaban J connectivity index is 2.03. The zero-order valence-corrected chi connectivity index (χ0v) is 11.2. The molecule has 0 saturated heterocycles. The Hall–Kier alpha value is -1.82. The zero-order chi connectivity index (χ0) is 13.8. The fourth-order valence-electron chi connectivity index (χ4n) is 1.49. The van der Waals surface area contributed by atoms with Crippen LogP contribution in [0.5, 0.6) is 0 Å². The summed E-state index contributed by atoms with van der Waals surface area (Å²) in [6, 6.07) is 9.30. The lowest BCUT2D eigenvalue weighted by molar-refractivity contribution is -0.115. The summed E-state index contributed by atoms with van der Waals surface area (Å²) in [5.41, 5.74) is 0.652. The van der Waals surface area contributed by atoms with Crippen LogP contribution in [0.1, 0.15) is 5.56 Å². The first-order valence-electron chi connectivity index (χ1n) is 5.41. The molecule has 0 unspecified atom stereocenters. The van der Waals surface area contributed by atoms with Crippen molar-refractivity contribution in [2.75, 3.05) is 5.32 Å². The predicted octanol–water partition coefficient (Wildman–Crippen LogP) is 3.30. The van der Waals surface area contributed by atoms with Gasteiger partial charge in [-0.25, -0.2) is 0 Å². The van der Waals surface area contributed by atoms with Crippen molar-refractivity contribution < 1.29 is 13.6 Å². The van der Waals surface area contributed by atoms with Crippen LogP contribution >= 0.6 is 15.9 Å². The number of nitrogens with one attached hydrogen (secondary N) is 1. The van der Waals surface area contributed by atoms with Crippen LogP contribution in [0.2, 0.25) is 0 Å². The summed E-state index contributed by atoms with van der Waals surface area (Å²) < 4.78 is 26.7. The van der Waals surface area contributed by atoms with E-state index < -0.39 is 17.8 Å². The van der Waals surface area contributed by atoms with Crippen molar-refractivity contribution in [3.63, 3.8) is 0 Å². The maximum Gasteiger partial charge on any atom is 0.239 e. The van der Waals surface area contributed by atoms with E-state index in [4.69, 9.17) is 0 Å². The van der Waals surface area contributed by atoms with E-state index in [-0.39, 0.29) is 12.1 Å². The second-order valence-electron chi connectivity index (χ2n) is 3.82. The topological polar surface area (TPSA) is 42.0 Å². The van der Waals surface area contributed by atoms with Gasteiger partial charge in [0.2, 0.25) is 17.8 Å². The van der Waals surface area contributed by atoms with Gasteiger partial charge in [-0.1, -0.05) is 28.1 Å². The van der Waals surface area contributed by atoms with Crippen molar-refractivity contribution in [2.24, 2.45) is 0 Å². The van der Waals surface area contributed by atoms with Crippen LogP contribution < -0.4 is 5.32 Å². The highest BCUT2D eigenvalue weighted by Gasteiger charge is 2.09. The molecule has 1 N–H and O–H groups in total. The van der Waals surface area contributed by atoms with Crippen LogP contribution in [0, 0.1) is 11.9 Å². The second kappa shape index (κ2) is 5.88. The average molecular weight is 327 g/mol. The van der Waals surface area contributed by atoms with Gasteiger partial charge in [-0.2, -0.15) is 13.8 Å². The molecule has 0 saturated carbocycles. The minimum Gasteiger partial charge on any atom is -0.322 e. The van der Waals surface area contributed by atoms with E-state index in [0.29, 0.717) is 0 Å². The molecular weight excluding hydrogens is 318 g/mol. The molecule has 0 aliphatic rings. The molecule has 98 valence electrons. The van der Waals surface area contributed by atoms with Crippen LogP contribution in [0.3, 0.4) is 0 Å². The standard InChI is InChI=1S/C13H9BrF2N2O/c14-9-3-1-8(2-4-9)7-12(19)17-10-5-6-11(15)18-13(10)16/h1-6H,7H2,(H,17,19). The summed E-state index contributed by atoms with van der Waals surface area (Å²) in [6.45, 7) is 0. The second-order valence-corrected chi connectivity index (χ2v) is 4.74. The highest BCUT2D eigenvalue weighted by atomic mass is 79.9. The highest BCUT2D eigenvalue weighted by Crippen LogP contribution is 2.14. The maximum atomic E-state index is 13.2. The molecule has 0 aliphatic carbocycles. The summed E-state index contributed by atoms with van der Waals surface area (Å²) in [5, 5.41) is 2.35. The SMILES string of the molecule is O=C(Cc1ccc(Br)cc1)Nc1ccc(F)nc1F. The Kier molecular flexibility index (Phi) is 4.21. The molecule has 3 nitrogen and oxygen atoms in total. The smallest absolute Gasteiger partial charge is 0.239 e.